The fourth-order valence-corrected chi connectivity index (χ4v) is 2.14. The molecule has 1 aliphatic heterocycles. The molecule has 86 valence electrons. The molecule has 0 aromatic carbocycles. The molecule has 0 bridgehead atoms. The Morgan fingerprint density at radius 2 is 2.27 bits per heavy atom. The number of aliphatic carboxylic acids is 1. The van der Waals surface area contributed by atoms with Crippen molar-refractivity contribution in [3.8, 4) is 0 Å². The summed E-state index contributed by atoms with van der Waals surface area (Å²) in [5.74, 6) is -0.139. The van der Waals surface area contributed by atoms with Crippen LogP contribution in [0.1, 0.15) is 39.5 Å². The van der Waals surface area contributed by atoms with Crippen LogP contribution in [-0.2, 0) is 9.59 Å². The number of carbonyl (C=O) groups excluding carboxylic acids is 1. The van der Waals surface area contributed by atoms with Crippen LogP contribution in [0.25, 0.3) is 0 Å². The summed E-state index contributed by atoms with van der Waals surface area (Å²) in [5, 5.41) is 11.7. The van der Waals surface area contributed by atoms with Gasteiger partial charge in [0.15, 0.2) is 0 Å². The smallest absolute Gasteiger partial charge is 0.303 e. The summed E-state index contributed by atoms with van der Waals surface area (Å²) < 4.78 is 0. The average molecular weight is 213 g/mol. The van der Waals surface area contributed by atoms with Crippen molar-refractivity contribution < 1.29 is 14.7 Å². The van der Waals surface area contributed by atoms with Crippen LogP contribution in [0.2, 0.25) is 0 Å². The molecule has 1 amide bonds. The highest BCUT2D eigenvalue weighted by Crippen LogP contribution is 2.25. The first-order valence-electron chi connectivity index (χ1n) is 5.50. The van der Waals surface area contributed by atoms with Crippen molar-refractivity contribution in [1.29, 1.82) is 0 Å². The Kier molecular flexibility index (Phi) is 4.12. The van der Waals surface area contributed by atoms with Crippen molar-refractivity contribution in [2.75, 3.05) is 0 Å². The van der Waals surface area contributed by atoms with Gasteiger partial charge >= 0.3 is 5.97 Å². The van der Waals surface area contributed by atoms with E-state index in [1.54, 1.807) is 0 Å². The second kappa shape index (κ2) is 5.14. The van der Waals surface area contributed by atoms with Crippen molar-refractivity contribution >= 4 is 11.9 Å². The van der Waals surface area contributed by atoms with Crippen LogP contribution in [0.15, 0.2) is 0 Å². The predicted octanol–water partition coefficient (Wildman–Crippen LogP) is 1.40. The average Bonchev–Trinajstić information content (AvgIpc) is 2.08. The van der Waals surface area contributed by atoms with Gasteiger partial charge in [0.2, 0.25) is 5.91 Å². The van der Waals surface area contributed by atoms with E-state index in [2.05, 4.69) is 19.2 Å². The Labute approximate surface area is 90.0 Å². The number of carboxylic acids is 1. The van der Waals surface area contributed by atoms with Crippen molar-refractivity contribution in [2.24, 2.45) is 11.8 Å². The summed E-state index contributed by atoms with van der Waals surface area (Å²) in [6.45, 7) is 4.16. The molecule has 0 saturated carbocycles. The number of carbonyl (C=O) groups is 2. The van der Waals surface area contributed by atoms with Crippen LogP contribution in [0.3, 0.4) is 0 Å². The normalized spacial score (nSPS) is 26.5. The highest BCUT2D eigenvalue weighted by Gasteiger charge is 2.30. The van der Waals surface area contributed by atoms with Crippen LogP contribution < -0.4 is 5.32 Å². The van der Waals surface area contributed by atoms with E-state index in [0.717, 1.165) is 6.42 Å². The van der Waals surface area contributed by atoms with Crippen molar-refractivity contribution in [3.63, 3.8) is 0 Å². The maximum atomic E-state index is 11.2. The van der Waals surface area contributed by atoms with E-state index in [-0.39, 0.29) is 24.3 Å². The summed E-state index contributed by atoms with van der Waals surface area (Å²) in [6, 6.07) is 0.0438. The Hall–Kier alpha value is -1.06. The van der Waals surface area contributed by atoms with Crippen LogP contribution >= 0.6 is 0 Å². The fourth-order valence-electron chi connectivity index (χ4n) is 2.14. The van der Waals surface area contributed by atoms with Gasteiger partial charge < -0.3 is 10.4 Å². The molecule has 1 heterocycles. The van der Waals surface area contributed by atoms with Crippen molar-refractivity contribution in [3.05, 3.63) is 0 Å². The topological polar surface area (TPSA) is 66.4 Å². The lowest BCUT2D eigenvalue weighted by molar-refractivity contribution is -0.139. The van der Waals surface area contributed by atoms with Gasteiger partial charge in [0.25, 0.3) is 0 Å². The van der Waals surface area contributed by atoms with Gasteiger partial charge in [0.05, 0.1) is 6.42 Å². The molecule has 2 atom stereocenters. The number of hydrogen-bond donors (Lipinski definition) is 2. The van der Waals surface area contributed by atoms with E-state index in [4.69, 9.17) is 5.11 Å². The molecular formula is C11H19NO3. The molecule has 0 aromatic rings. The largest absolute Gasteiger partial charge is 0.481 e. The first-order chi connectivity index (χ1) is 6.99. The third kappa shape index (κ3) is 3.90. The molecule has 0 aromatic heterocycles. The molecule has 1 saturated heterocycles. The third-order valence-electron chi connectivity index (χ3n) is 2.82. The minimum atomic E-state index is -0.773. The van der Waals surface area contributed by atoms with Crippen LogP contribution in [0, 0.1) is 11.8 Å². The Morgan fingerprint density at radius 3 is 2.80 bits per heavy atom. The van der Waals surface area contributed by atoms with Gasteiger partial charge in [-0.25, -0.2) is 0 Å². The number of carboxylic acid groups (broad SMARTS) is 1. The maximum Gasteiger partial charge on any atom is 0.303 e. The second-order valence-electron chi connectivity index (χ2n) is 4.70. The zero-order valence-electron chi connectivity index (χ0n) is 9.32. The zero-order valence-corrected chi connectivity index (χ0v) is 9.32. The molecule has 1 rings (SSSR count). The lowest BCUT2D eigenvalue weighted by Gasteiger charge is -2.32. The van der Waals surface area contributed by atoms with Gasteiger partial charge in [-0.1, -0.05) is 13.8 Å². The molecule has 0 aliphatic carbocycles. The number of hydrogen-bond acceptors (Lipinski definition) is 2. The molecule has 2 N–H and O–H groups in total. The van der Waals surface area contributed by atoms with E-state index in [1.165, 1.54) is 0 Å². The zero-order chi connectivity index (χ0) is 11.4. The monoisotopic (exact) mass is 213 g/mol. The molecule has 1 fully saturated rings. The lowest BCUT2D eigenvalue weighted by atomic mass is 9.83. The Morgan fingerprint density at radius 1 is 1.60 bits per heavy atom. The minimum absolute atomic E-state index is 0.0438. The summed E-state index contributed by atoms with van der Waals surface area (Å²) >= 11 is 0. The number of amides is 1. The standard InChI is InChI=1S/C11H19NO3/c1-7(2)5-9-8(6-11(14)15)3-4-10(13)12-9/h7-9H,3-6H2,1-2H3,(H,12,13)(H,14,15)/t8-,9-/m1/s1. The van der Waals surface area contributed by atoms with Gasteiger partial charge in [-0.05, 0) is 24.7 Å². The first-order valence-corrected chi connectivity index (χ1v) is 5.50. The van der Waals surface area contributed by atoms with Gasteiger partial charge in [-0.2, -0.15) is 0 Å². The van der Waals surface area contributed by atoms with Crippen molar-refractivity contribution in [1.82, 2.24) is 5.32 Å². The summed E-state index contributed by atoms with van der Waals surface area (Å²) in [5.41, 5.74) is 0. The number of nitrogens with one attached hydrogen (secondary N) is 1. The maximum absolute atomic E-state index is 11.2. The molecule has 1 aliphatic rings. The Balaban J connectivity index is 2.57. The van der Waals surface area contributed by atoms with Crippen molar-refractivity contribution in [2.45, 2.75) is 45.6 Å². The summed E-state index contributed by atoms with van der Waals surface area (Å²) in [6.07, 6.45) is 2.20. The molecule has 0 radical (unpaired) electrons. The highest BCUT2D eigenvalue weighted by atomic mass is 16.4. The van der Waals surface area contributed by atoms with Crippen LogP contribution in [0.4, 0.5) is 0 Å². The molecule has 15 heavy (non-hydrogen) atoms. The molecule has 0 spiro atoms. The SMILES string of the molecule is CC(C)C[C@H]1NC(=O)CC[C@@H]1CC(=O)O. The van der Waals surface area contributed by atoms with Gasteiger partial charge in [-0.15, -0.1) is 0 Å². The van der Waals surface area contributed by atoms with E-state index < -0.39 is 5.97 Å². The predicted molar refractivity (Wildman–Crippen MR) is 56.4 cm³/mol. The van der Waals surface area contributed by atoms with E-state index in [9.17, 15) is 9.59 Å². The van der Waals surface area contributed by atoms with E-state index >= 15 is 0 Å². The third-order valence-corrected chi connectivity index (χ3v) is 2.82. The van der Waals surface area contributed by atoms with Gasteiger partial charge in [0.1, 0.15) is 0 Å². The molecule has 4 heteroatoms. The summed E-state index contributed by atoms with van der Waals surface area (Å²) in [7, 11) is 0. The minimum Gasteiger partial charge on any atom is -0.481 e. The summed E-state index contributed by atoms with van der Waals surface area (Å²) in [4.78, 5) is 21.9. The van der Waals surface area contributed by atoms with Gasteiger partial charge in [-0.3, -0.25) is 9.59 Å². The van der Waals surface area contributed by atoms with E-state index in [0.29, 0.717) is 18.8 Å². The number of piperidine rings is 1. The second-order valence-corrected chi connectivity index (χ2v) is 4.70. The molecule has 4 nitrogen and oxygen atoms in total. The molecule has 0 unspecified atom stereocenters. The lowest BCUT2D eigenvalue weighted by Crippen LogP contribution is -2.46. The highest BCUT2D eigenvalue weighted by molar-refractivity contribution is 5.77. The van der Waals surface area contributed by atoms with Gasteiger partial charge in [0, 0.05) is 12.5 Å². The number of rotatable bonds is 4. The quantitative estimate of drug-likeness (QED) is 0.741. The molecular weight excluding hydrogens is 194 g/mol. The Bertz CT molecular complexity index is 250. The van der Waals surface area contributed by atoms with E-state index in [1.807, 2.05) is 0 Å². The fraction of sp³-hybridized carbons (Fsp3) is 0.818. The first kappa shape index (κ1) is 12.0. The van der Waals surface area contributed by atoms with Crippen LogP contribution in [-0.4, -0.2) is 23.0 Å². The van der Waals surface area contributed by atoms with Crippen LogP contribution in [0.5, 0.6) is 0 Å².